The number of thioether (sulfide) groups is 2. The van der Waals surface area contributed by atoms with Crippen molar-refractivity contribution in [1.29, 1.82) is 0 Å². The number of carbonyl (C=O) groups is 4. The van der Waals surface area contributed by atoms with E-state index in [1.807, 2.05) is 0 Å². The number of fused-ring (bicyclic) bond motifs is 1. The number of anilines is 1. The van der Waals surface area contributed by atoms with Crippen molar-refractivity contribution >= 4 is 75.7 Å². The van der Waals surface area contributed by atoms with Gasteiger partial charge in [0.1, 0.15) is 22.5 Å². The highest BCUT2D eigenvalue weighted by Crippen LogP contribution is 2.44. The molecular formula is C24H23N9O7S3. The number of β-lactam (4-membered cyclic amide) rings is 1. The van der Waals surface area contributed by atoms with Crippen LogP contribution in [0.15, 0.2) is 52.1 Å². The fourth-order valence-electron chi connectivity index (χ4n) is 4.13. The minimum atomic E-state index is -1.33. The molecule has 0 saturated carbocycles. The van der Waals surface area contributed by atoms with Gasteiger partial charge in [0.15, 0.2) is 16.6 Å². The third-order valence-corrected chi connectivity index (χ3v) is 9.81. The highest BCUT2D eigenvalue weighted by molar-refractivity contribution is 8.00. The van der Waals surface area contributed by atoms with Gasteiger partial charge in [0, 0.05) is 29.6 Å². The third-order valence-electron chi connectivity index (χ3n) is 6.33. The number of aromatic nitrogens is 5. The molecule has 2 amide bonds. The number of nitrogens with two attached hydrogens (primary N) is 1. The first kappa shape index (κ1) is 30.0. The van der Waals surface area contributed by atoms with E-state index in [0.717, 1.165) is 23.1 Å². The first-order valence-electron chi connectivity index (χ1n) is 12.4. The Kier molecular flexibility index (Phi) is 8.92. The maximum absolute atomic E-state index is 13.3. The van der Waals surface area contributed by atoms with Gasteiger partial charge in [-0.1, -0.05) is 41.2 Å². The summed E-state index contributed by atoms with van der Waals surface area (Å²) in [5, 5.41) is 38.4. The SMILES string of the molecule is Nc1nc(C(=NOc2ccccc2)C(=O)NC2C(=O)N3CC(CSc4nnnn4C=CCC(=O)O)(C(=O)O)CS[C@H]23)cs1. The zero-order valence-corrected chi connectivity index (χ0v) is 24.4. The summed E-state index contributed by atoms with van der Waals surface area (Å²) in [4.78, 5) is 60.6. The van der Waals surface area contributed by atoms with Crippen LogP contribution < -0.4 is 15.9 Å². The molecule has 2 unspecified atom stereocenters. The van der Waals surface area contributed by atoms with Crippen LogP contribution >= 0.6 is 34.9 Å². The predicted octanol–water partition coefficient (Wildman–Crippen LogP) is 0.704. The van der Waals surface area contributed by atoms with Crippen LogP contribution in [0.1, 0.15) is 12.1 Å². The van der Waals surface area contributed by atoms with E-state index in [0.29, 0.717) is 5.75 Å². The number of nitrogens with zero attached hydrogens (tertiary/aromatic N) is 7. The number of aliphatic carboxylic acids is 2. The lowest BCUT2D eigenvalue weighted by atomic mass is 9.89. The molecule has 3 atom stereocenters. The molecule has 16 nitrogen and oxygen atoms in total. The number of thiazole rings is 1. The fourth-order valence-corrected chi connectivity index (χ4v) is 7.39. The molecule has 2 aromatic heterocycles. The second-order valence-electron chi connectivity index (χ2n) is 9.30. The largest absolute Gasteiger partial charge is 0.481 e. The van der Waals surface area contributed by atoms with Gasteiger partial charge in [-0.25, -0.2) is 4.98 Å². The molecule has 5 rings (SSSR count). The number of tetrazole rings is 1. The van der Waals surface area contributed by atoms with Crippen LogP contribution in [0.4, 0.5) is 5.13 Å². The van der Waals surface area contributed by atoms with Crippen LogP contribution in [-0.4, -0.2) is 99.2 Å². The zero-order valence-electron chi connectivity index (χ0n) is 22.0. The Labute approximate surface area is 255 Å². The van der Waals surface area contributed by atoms with Gasteiger partial charge < -0.3 is 31.0 Å². The zero-order chi connectivity index (χ0) is 30.6. The summed E-state index contributed by atoms with van der Waals surface area (Å²) in [6, 6.07) is 7.68. The Morgan fingerprint density at radius 3 is 2.77 bits per heavy atom. The van der Waals surface area contributed by atoms with E-state index in [9.17, 15) is 24.3 Å². The average molecular weight is 646 g/mol. The molecule has 4 heterocycles. The standard InChI is InChI=1S/C24H23N9O7S3/c25-22-26-14(9-41-22)16(29-40-13-5-2-1-3-6-13)18(36)27-17-19(37)32-10-24(21(38)39,11-42-20(17)32)12-43-23-28-30-31-33(23)8-4-7-15(34)35/h1-6,8-9,17,20H,7,10-12H2,(H2,25,26)(H,27,36)(H,34,35)(H,38,39)/t17?,20-,24?/m1/s1. The molecule has 0 spiro atoms. The number of carboxylic acids is 2. The Balaban J connectivity index is 1.25. The molecule has 2 saturated heterocycles. The van der Waals surface area contributed by atoms with Gasteiger partial charge in [0.05, 0.1) is 6.42 Å². The molecule has 2 aliphatic rings. The molecule has 0 aliphatic carbocycles. The van der Waals surface area contributed by atoms with E-state index in [-0.39, 0.29) is 46.2 Å². The number of carbonyl (C=O) groups excluding carboxylic acids is 2. The number of amides is 2. The average Bonchev–Trinajstić information content (AvgIpc) is 3.63. The summed E-state index contributed by atoms with van der Waals surface area (Å²) in [6.45, 7) is -0.0880. The first-order valence-corrected chi connectivity index (χ1v) is 15.4. The molecule has 0 bridgehead atoms. The maximum atomic E-state index is 13.3. The topological polar surface area (TPSA) is 228 Å². The monoisotopic (exact) mass is 645 g/mol. The minimum Gasteiger partial charge on any atom is -0.481 e. The van der Waals surface area contributed by atoms with Crippen LogP contribution in [0.25, 0.3) is 6.20 Å². The van der Waals surface area contributed by atoms with E-state index in [4.69, 9.17) is 15.7 Å². The molecule has 1 aromatic carbocycles. The lowest BCUT2D eigenvalue weighted by Gasteiger charge is -2.53. The quantitative estimate of drug-likeness (QED) is 0.0920. The number of benzene rings is 1. The predicted molar refractivity (Wildman–Crippen MR) is 156 cm³/mol. The Bertz CT molecular complexity index is 1600. The normalized spacial score (nSPS) is 21.7. The van der Waals surface area contributed by atoms with Crippen LogP contribution in [0.2, 0.25) is 0 Å². The van der Waals surface area contributed by atoms with E-state index in [2.05, 4.69) is 31.0 Å². The molecule has 43 heavy (non-hydrogen) atoms. The van der Waals surface area contributed by atoms with Crippen molar-refractivity contribution in [3.63, 3.8) is 0 Å². The summed E-state index contributed by atoms with van der Waals surface area (Å²) >= 11 is 3.42. The number of rotatable bonds is 12. The van der Waals surface area contributed by atoms with E-state index in [1.54, 1.807) is 35.7 Å². The molecule has 2 fully saturated rings. The van der Waals surface area contributed by atoms with Crippen molar-refractivity contribution in [3.05, 3.63) is 47.5 Å². The number of oxime groups is 1. The van der Waals surface area contributed by atoms with Gasteiger partial charge in [0.2, 0.25) is 11.1 Å². The third kappa shape index (κ3) is 6.62. The lowest BCUT2D eigenvalue weighted by Crippen LogP contribution is -2.74. The van der Waals surface area contributed by atoms with Gasteiger partial charge in [-0.05, 0) is 22.6 Å². The highest BCUT2D eigenvalue weighted by Gasteiger charge is 2.57. The number of hydrogen-bond donors (Lipinski definition) is 4. The first-order chi connectivity index (χ1) is 20.7. The molecule has 2 aliphatic heterocycles. The van der Waals surface area contributed by atoms with E-state index >= 15 is 0 Å². The summed E-state index contributed by atoms with van der Waals surface area (Å²) in [5.41, 5.74) is 4.43. The second-order valence-corrected chi connectivity index (χ2v) is 12.2. The molecule has 5 N–H and O–H groups in total. The van der Waals surface area contributed by atoms with Crippen molar-refractivity contribution in [3.8, 4) is 5.75 Å². The second kappa shape index (κ2) is 12.8. The number of hydrogen-bond acceptors (Lipinski definition) is 14. The summed E-state index contributed by atoms with van der Waals surface area (Å²) in [7, 11) is 0. The molecule has 224 valence electrons. The smallest absolute Gasteiger partial charge is 0.313 e. The van der Waals surface area contributed by atoms with Crippen LogP contribution in [0.3, 0.4) is 0 Å². The highest BCUT2D eigenvalue weighted by atomic mass is 32.2. The van der Waals surface area contributed by atoms with Crippen molar-refractivity contribution in [2.45, 2.75) is 23.0 Å². The van der Waals surface area contributed by atoms with Crippen molar-refractivity contribution in [2.75, 3.05) is 23.8 Å². The Hall–Kier alpha value is -4.49. The van der Waals surface area contributed by atoms with Crippen LogP contribution in [-0.2, 0) is 19.2 Å². The van der Waals surface area contributed by atoms with Crippen molar-refractivity contribution in [1.82, 2.24) is 35.4 Å². The Morgan fingerprint density at radius 2 is 2.07 bits per heavy atom. The van der Waals surface area contributed by atoms with Gasteiger partial charge in [0.25, 0.3) is 5.91 Å². The summed E-state index contributed by atoms with van der Waals surface area (Å²) < 4.78 is 1.25. The molecule has 0 radical (unpaired) electrons. The maximum Gasteiger partial charge on any atom is 0.313 e. The van der Waals surface area contributed by atoms with Crippen molar-refractivity contribution in [2.24, 2.45) is 10.6 Å². The van der Waals surface area contributed by atoms with Gasteiger partial charge in [-0.2, -0.15) is 4.68 Å². The van der Waals surface area contributed by atoms with E-state index in [1.165, 1.54) is 33.6 Å². The van der Waals surface area contributed by atoms with Crippen LogP contribution in [0.5, 0.6) is 5.75 Å². The molecular weight excluding hydrogens is 623 g/mol. The van der Waals surface area contributed by atoms with Gasteiger partial charge in [-0.15, -0.1) is 28.2 Å². The molecule has 3 aromatic rings. The van der Waals surface area contributed by atoms with E-state index < -0.39 is 40.6 Å². The number of carboxylic acid groups (broad SMARTS) is 2. The summed E-state index contributed by atoms with van der Waals surface area (Å²) in [5.74, 6) is -2.69. The fraction of sp³-hybridized carbons (Fsp3) is 0.292. The lowest BCUT2D eigenvalue weighted by molar-refractivity contribution is -0.157. The van der Waals surface area contributed by atoms with Gasteiger partial charge >= 0.3 is 11.9 Å². The Morgan fingerprint density at radius 1 is 1.28 bits per heavy atom. The minimum absolute atomic E-state index is 0.0366. The number of para-hydroxylation sites is 1. The number of nitrogens with one attached hydrogen (secondary N) is 1. The number of nitrogen functional groups attached to an aromatic ring is 1. The molecule has 19 heteroatoms. The van der Waals surface area contributed by atoms with Crippen molar-refractivity contribution < 1.29 is 34.2 Å². The van der Waals surface area contributed by atoms with Crippen LogP contribution in [0, 0.1) is 5.41 Å². The summed E-state index contributed by atoms with van der Waals surface area (Å²) in [6.07, 6.45) is 2.50. The van der Waals surface area contributed by atoms with Gasteiger partial charge in [-0.3, -0.25) is 19.2 Å².